The average molecular weight is 676 g/mol. The van der Waals surface area contributed by atoms with Crippen LogP contribution >= 0.6 is 11.6 Å². The lowest BCUT2D eigenvalue weighted by atomic mass is 10.0. The van der Waals surface area contributed by atoms with E-state index in [9.17, 15) is 18.0 Å². The number of halogens is 1. The van der Waals surface area contributed by atoms with E-state index in [1.54, 1.807) is 12.1 Å². The minimum absolute atomic E-state index is 0.135. The van der Waals surface area contributed by atoms with Crippen molar-refractivity contribution in [2.45, 2.75) is 37.4 Å². The number of amides is 2. The van der Waals surface area contributed by atoms with E-state index in [2.05, 4.69) is 5.32 Å². The summed E-state index contributed by atoms with van der Waals surface area (Å²) in [5.74, 6) is -0.375. The summed E-state index contributed by atoms with van der Waals surface area (Å²) < 4.78 is 38.6. The highest BCUT2D eigenvalue weighted by Gasteiger charge is 2.31. The number of carbonyl (C=O) groups is 2. The van der Waals surface area contributed by atoms with Crippen LogP contribution in [0.5, 0.6) is 5.75 Å². The van der Waals surface area contributed by atoms with Gasteiger partial charge in [0.25, 0.3) is 5.91 Å². The van der Waals surface area contributed by atoms with E-state index < -0.39 is 22.0 Å². The van der Waals surface area contributed by atoms with Crippen LogP contribution in [0.1, 0.15) is 22.3 Å². The van der Waals surface area contributed by atoms with Gasteiger partial charge < -0.3 is 19.7 Å². The summed E-state index contributed by atoms with van der Waals surface area (Å²) in [5, 5.41) is 3.59. The molecule has 1 heterocycles. The van der Waals surface area contributed by atoms with Crippen LogP contribution in [0.25, 0.3) is 0 Å². The third-order valence-corrected chi connectivity index (χ3v) is 10.1. The zero-order valence-electron chi connectivity index (χ0n) is 26.2. The van der Waals surface area contributed by atoms with E-state index in [0.717, 1.165) is 22.3 Å². The Morgan fingerprint density at radius 3 is 2.17 bits per heavy atom. The van der Waals surface area contributed by atoms with Gasteiger partial charge in [-0.1, -0.05) is 83.9 Å². The molecule has 9 nitrogen and oxygen atoms in total. The monoisotopic (exact) mass is 675 g/mol. The van der Waals surface area contributed by atoms with E-state index in [4.69, 9.17) is 21.1 Å². The SMILES string of the molecule is Cc1ccc(CNC(=O)C(Cc2ccccc2)N(Cc2ccc(Cl)cc2)C(=O)COc2ccc(S(=O)(=O)N3CCOCC3)cc2)cc1. The van der Waals surface area contributed by atoms with Crippen LogP contribution in [0.4, 0.5) is 0 Å². The number of sulfonamides is 1. The minimum atomic E-state index is -3.67. The summed E-state index contributed by atoms with van der Waals surface area (Å²) in [6, 6.07) is 29.7. The molecule has 1 aliphatic heterocycles. The maximum atomic E-state index is 13.9. The summed E-state index contributed by atoms with van der Waals surface area (Å²) in [4.78, 5) is 29.5. The molecule has 0 aromatic heterocycles. The molecule has 1 aliphatic rings. The molecule has 1 unspecified atom stereocenters. The van der Waals surface area contributed by atoms with Crippen molar-refractivity contribution in [3.63, 3.8) is 0 Å². The molecule has 5 rings (SSSR count). The molecule has 0 spiro atoms. The fourth-order valence-corrected chi connectivity index (χ4v) is 6.76. The molecule has 4 aromatic rings. The molecule has 4 aromatic carbocycles. The second-order valence-electron chi connectivity index (χ2n) is 11.3. The van der Waals surface area contributed by atoms with Crippen molar-refractivity contribution in [3.8, 4) is 5.75 Å². The van der Waals surface area contributed by atoms with Gasteiger partial charge in [0.15, 0.2) is 6.61 Å². The number of hydrogen-bond donors (Lipinski definition) is 1. The summed E-state index contributed by atoms with van der Waals surface area (Å²) in [5.41, 5.74) is 3.76. The summed E-state index contributed by atoms with van der Waals surface area (Å²) >= 11 is 6.13. The highest BCUT2D eigenvalue weighted by Crippen LogP contribution is 2.22. The van der Waals surface area contributed by atoms with Crippen molar-refractivity contribution in [3.05, 3.63) is 130 Å². The highest BCUT2D eigenvalue weighted by molar-refractivity contribution is 7.89. The largest absolute Gasteiger partial charge is 0.484 e. The van der Waals surface area contributed by atoms with Crippen LogP contribution < -0.4 is 10.1 Å². The van der Waals surface area contributed by atoms with Crippen LogP contribution in [0.2, 0.25) is 5.02 Å². The lowest BCUT2D eigenvalue weighted by Gasteiger charge is -2.31. The van der Waals surface area contributed by atoms with Crippen molar-refractivity contribution in [1.82, 2.24) is 14.5 Å². The van der Waals surface area contributed by atoms with E-state index >= 15 is 0 Å². The lowest BCUT2D eigenvalue weighted by Crippen LogP contribution is -2.51. The van der Waals surface area contributed by atoms with Gasteiger partial charge in [0.2, 0.25) is 15.9 Å². The van der Waals surface area contributed by atoms with Crippen molar-refractivity contribution >= 4 is 33.4 Å². The number of aryl methyl sites for hydroxylation is 1. The first-order valence-corrected chi connectivity index (χ1v) is 17.2. The highest BCUT2D eigenvalue weighted by atomic mass is 35.5. The zero-order chi connectivity index (χ0) is 33.2. The van der Waals surface area contributed by atoms with E-state index in [1.165, 1.54) is 33.5 Å². The Hall–Kier alpha value is -4.22. The number of morpholine rings is 1. The Kier molecular flexibility index (Phi) is 11.7. The normalized spacial score (nSPS) is 14.3. The van der Waals surface area contributed by atoms with Gasteiger partial charge in [-0.3, -0.25) is 9.59 Å². The van der Waals surface area contributed by atoms with Crippen LogP contribution in [-0.2, 0) is 43.9 Å². The minimum Gasteiger partial charge on any atom is -0.484 e. The Bertz CT molecular complexity index is 1730. The first-order valence-electron chi connectivity index (χ1n) is 15.4. The van der Waals surface area contributed by atoms with Gasteiger partial charge in [-0.05, 0) is 60.0 Å². The summed E-state index contributed by atoms with van der Waals surface area (Å²) in [7, 11) is -3.67. The number of rotatable bonds is 13. The standard InChI is InChI=1S/C36H38ClN3O6S/c1-27-7-9-29(10-8-27)24-38-36(42)34(23-28-5-3-2-4-6-28)40(25-30-11-13-31(37)14-12-30)35(41)26-46-32-15-17-33(18-16-32)47(43,44)39-19-21-45-22-20-39/h2-18,34H,19-26H2,1H3,(H,38,42). The van der Waals surface area contributed by atoms with Gasteiger partial charge in [0.1, 0.15) is 11.8 Å². The van der Waals surface area contributed by atoms with Crippen molar-refractivity contribution in [1.29, 1.82) is 0 Å². The van der Waals surface area contributed by atoms with E-state index in [1.807, 2.05) is 73.7 Å². The van der Waals surface area contributed by atoms with Crippen LogP contribution in [0.3, 0.4) is 0 Å². The van der Waals surface area contributed by atoms with Crippen molar-refractivity contribution in [2.24, 2.45) is 0 Å². The molecule has 0 aliphatic carbocycles. The third kappa shape index (κ3) is 9.42. The predicted molar refractivity (Wildman–Crippen MR) is 180 cm³/mol. The number of carbonyl (C=O) groups excluding carboxylic acids is 2. The molecule has 11 heteroatoms. The van der Waals surface area contributed by atoms with Crippen molar-refractivity contribution < 1.29 is 27.5 Å². The molecular formula is C36H38ClN3O6S. The fraction of sp³-hybridized carbons (Fsp3) is 0.278. The summed E-state index contributed by atoms with van der Waals surface area (Å²) in [6.07, 6.45) is 0.286. The van der Waals surface area contributed by atoms with Gasteiger partial charge in [-0.25, -0.2) is 8.42 Å². The Morgan fingerprint density at radius 1 is 0.872 bits per heavy atom. The quantitative estimate of drug-likeness (QED) is 0.214. The molecule has 2 amide bonds. The number of hydrogen-bond acceptors (Lipinski definition) is 6. The average Bonchev–Trinajstić information content (AvgIpc) is 3.10. The molecule has 1 atom stereocenters. The van der Waals surface area contributed by atoms with Crippen molar-refractivity contribution in [2.75, 3.05) is 32.9 Å². The molecule has 1 N–H and O–H groups in total. The Labute approximate surface area is 281 Å². The smallest absolute Gasteiger partial charge is 0.261 e. The number of ether oxygens (including phenoxy) is 2. The Morgan fingerprint density at radius 2 is 1.51 bits per heavy atom. The maximum Gasteiger partial charge on any atom is 0.261 e. The van der Waals surface area contributed by atoms with Crippen LogP contribution in [-0.4, -0.2) is 68.4 Å². The second kappa shape index (κ2) is 16.1. The lowest BCUT2D eigenvalue weighted by molar-refractivity contribution is -0.142. The number of benzene rings is 4. The molecule has 1 fully saturated rings. The molecule has 0 saturated carbocycles. The maximum absolute atomic E-state index is 13.9. The number of nitrogens with one attached hydrogen (secondary N) is 1. The van der Waals surface area contributed by atoms with Gasteiger partial charge in [0, 0.05) is 37.6 Å². The molecule has 47 heavy (non-hydrogen) atoms. The van der Waals surface area contributed by atoms with Crippen LogP contribution in [0, 0.1) is 6.92 Å². The van der Waals surface area contributed by atoms with Gasteiger partial charge in [-0.2, -0.15) is 4.31 Å². The molecule has 0 bridgehead atoms. The first kappa shape index (κ1) is 34.1. The van der Waals surface area contributed by atoms with Gasteiger partial charge in [-0.15, -0.1) is 0 Å². The molecule has 246 valence electrons. The molecule has 1 saturated heterocycles. The molecule has 0 radical (unpaired) electrons. The zero-order valence-corrected chi connectivity index (χ0v) is 27.8. The van der Waals surface area contributed by atoms with Gasteiger partial charge >= 0.3 is 0 Å². The van der Waals surface area contributed by atoms with Crippen LogP contribution in [0.15, 0.2) is 108 Å². The first-order chi connectivity index (χ1) is 22.7. The van der Waals surface area contributed by atoms with E-state index in [0.29, 0.717) is 43.6 Å². The second-order valence-corrected chi connectivity index (χ2v) is 13.7. The topological polar surface area (TPSA) is 105 Å². The van der Waals surface area contributed by atoms with E-state index in [-0.39, 0.29) is 30.4 Å². The third-order valence-electron chi connectivity index (χ3n) is 7.92. The predicted octanol–water partition coefficient (Wildman–Crippen LogP) is 5.00. The Balaban J connectivity index is 1.35. The summed E-state index contributed by atoms with van der Waals surface area (Å²) in [6.45, 7) is 3.38. The fourth-order valence-electron chi connectivity index (χ4n) is 5.23. The number of nitrogens with zero attached hydrogens (tertiary/aromatic N) is 2. The molecular weight excluding hydrogens is 638 g/mol. The van der Waals surface area contributed by atoms with Gasteiger partial charge in [0.05, 0.1) is 18.1 Å².